The number of fused-ring (bicyclic) bond motifs is 2. The van der Waals surface area contributed by atoms with Crippen molar-refractivity contribution in [1.82, 2.24) is 10.2 Å². The predicted molar refractivity (Wildman–Crippen MR) is 119 cm³/mol. The van der Waals surface area contributed by atoms with Crippen molar-refractivity contribution >= 4 is 5.96 Å². The van der Waals surface area contributed by atoms with Gasteiger partial charge in [-0.3, -0.25) is 14.8 Å². The van der Waals surface area contributed by atoms with E-state index in [9.17, 15) is 0 Å². The summed E-state index contributed by atoms with van der Waals surface area (Å²) in [7, 11) is 0. The van der Waals surface area contributed by atoms with Gasteiger partial charge in [0.1, 0.15) is 18.6 Å². The Morgan fingerprint density at radius 2 is 1.55 bits per heavy atom. The minimum Gasteiger partial charge on any atom is -0.274 e. The average molecular weight is 399 g/mol. The second-order valence-electron chi connectivity index (χ2n) is 11.7. The zero-order valence-corrected chi connectivity index (χ0v) is 18.7. The Morgan fingerprint density at radius 3 is 2.24 bits per heavy atom. The fraction of sp³-hybridized carbons (Fsp3) is 0.962. The second kappa shape index (κ2) is 8.08. The first-order valence-corrected chi connectivity index (χ1v) is 13.5. The van der Waals surface area contributed by atoms with E-state index in [1.165, 1.54) is 90.3 Å². The standard InChI is InChI=1S/C26H43N3/c1-3-7-20(8-4-1)24-17-27-26-28(14-13-23-16-19-11-12-22(23)15-19)25(18-29(24)26)21-9-5-2-6-10-21/h19-25H,1-18H2/p+1. The van der Waals surface area contributed by atoms with E-state index in [1.807, 2.05) is 0 Å². The highest BCUT2D eigenvalue weighted by molar-refractivity contribution is 5.78. The highest BCUT2D eigenvalue weighted by atomic mass is 15.5. The molecule has 2 heterocycles. The Morgan fingerprint density at radius 1 is 0.793 bits per heavy atom. The van der Waals surface area contributed by atoms with E-state index in [4.69, 9.17) is 0 Å². The monoisotopic (exact) mass is 398 g/mol. The first-order valence-electron chi connectivity index (χ1n) is 13.5. The maximum Gasteiger partial charge on any atom is 0.349 e. The number of hydrogen-bond acceptors (Lipinski definition) is 2. The Balaban J connectivity index is 1.18. The summed E-state index contributed by atoms with van der Waals surface area (Å²) >= 11 is 0. The van der Waals surface area contributed by atoms with E-state index in [0.29, 0.717) is 0 Å². The number of rotatable bonds is 5. The summed E-state index contributed by atoms with van der Waals surface area (Å²) in [4.78, 5) is 2.92. The van der Waals surface area contributed by atoms with Crippen LogP contribution in [0.5, 0.6) is 0 Å². The fourth-order valence-electron chi connectivity index (χ4n) is 8.68. The van der Waals surface area contributed by atoms with E-state index >= 15 is 0 Å². The molecule has 2 aliphatic heterocycles. The molecule has 0 aromatic rings. The van der Waals surface area contributed by atoms with Crippen molar-refractivity contribution in [3.63, 3.8) is 0 Å². The molecule has 4 aliphatic carbocycles. The molecular formula is C26H44N3+. The first-order chi connectivity index (χ1) is 14.4. The highest BCUT2D eigenvalue weighted by Crippen LogP contribution is 2.49. The molecule has 5 unspecified atom stereocenters. The Labute approximate surface area is 178 Å². The number of nitrogens with zero attached hydrogens (tertiary/aromatic N) is 2. The van der Waals surface area contributed by atoms with Crippen molar-refractivity contribution in [2.75, 3.05) is 19.6 Å². The molecule has 0 radical (unpaired) electrons. The van der Waals surface area contributed by atoms with Crippen LogP contribution >= 0.6 is 0 Å². The average Bonchev–Trinajstić information content (AvgIpc) is 3.54. The van der Waals surface area contributed by atoms with Crippen LogP contribution < -0.4 is 5.32 Å². The van der Waals surface area contributed by atoms with Crippen molar-refractivity contribution in [3.05, 3.63) is 0 Å². The van der Waals surface area contributed by atoms with Gasteiger partial charge in [0, 0.05) is 0 Å². The third-order valence-electron chi connectivity index (χ3n) is 10.2. The third kappa shape index (κ3) is 3.53. The molecule has 0 amide bonds. The molecule has 5 atom stereocenters. The molecule has 0 aromatic carbocycles. The van der Waals surface area contributed by atoms with Gasteiger partial charge >= 0.3 is 5.96 Å². The topological polar surface area (TPSA) is 18.3 Å². The van der Waals surface area contributed by atoms with Crippen LogP contribution in [0.3, 0.4) is 0 Å². The predicted octanol–water partition coefficient (Wildman–Crippen LogP) is 5.00. The quantitative estimate of drug-likeness (QED) is 0.657. The summed E-state index contributed by atoms with van der Waals surface area (Å²) in [6.45, 7) is 3.90. The third-order valence-corrected chi connectivity index (χ3v) is 10.2. The Hall–Kier alpha value is -0.730. The van der Waals surface area contributed by atoms with E-state index in [2.05, 4.69) is 14.8 Å². The van der Waals surface area contributed by atoms with Crippen molar-refractivity contribution in [2.24, 2.45) is 29.6 Å². The zero-order valence-electron chi connectivity index (χ0n) is 18.7. The molecule has 4 saturated carbocycles. The van der Waals surface area contributed by atoms with Crippen molar-refractivity contribution in [3.8, 4) is 0 Å². The first kappa shape index (κ1) is 19.0. The van der Waals surface area contributed by atoms with Gasteiger partial charge < -0.3 is 0 Å². The minimum absolute atomic E-state index is 0.795. The molecule has 2 bridgehead atoms. The van der Waals surface area contributed by atoms with Crippen molar-refractivity contribution < 1.29 is 4.58 Å². The number of hydrogen-bond donors (Lipinski definition) is 1. The van der Waals surface area contributed by atoms with Gasteiger partial charge in [-0.05, 0) is 81.0 Å². The van der Waals surface area contributed by atoms with Gasteiger partial charge in [-0.2, -0.15) is 0 Å². The molecule has 3 heteroatoms. The minimum atomic E-state index is 0.795. The van der Waals surface area contributed by atoms with Crippen LogP contribution in [-0.4, -0.2) is 47.2 Å². The summed E-state index contributed by atoms with van der Waals surface area (Å²) in [5, 5.41) is 3.96. The van der Waals surface area contributed by atoms with Crippen LogP contribution in [0.4, 0.5) is 0 Å². The molecule has 6 aliphatic rings. The van der Waals surface area contributed by atoms with Crippen LogP contribution in [0, 0.1) is 29.6 Å². The molecule has 3 nitrogen and oxygen atoms in total. The largest absolute Gasteiger partial charge is 0.349 e. The van der Waals surface area contributed by atoms with Crippen LogP contribution in [0.1, 0.15) is 96.3 Å². The molecule has 162 valence electrons. The maximum absolute atomic E-state index is 3.96. The lowest BCUT2D eigenvalue weighted by Crippen LogP contribution is -2.48. The van der Waals surface area contributed by atoms with Gasteiger partial charge in [-0.1, -0.05) is 44.9 Å². The van der Waals surface area contributed by atoms with E-state index in [0.717, 1.165) is 41.7 Å². The molecule has 6 rings (SSSR count). The lowest BCUT2D eigenvalue weighted by molar-refractivity contribution is -0.560. The molecule has 4 fully saturated rings. The molecule has 0 spiro atoms. The van der Waals surface area contributed by atoms with Crippen LogP contribution in [0.25, 0.3) is 0 Å². The normalized spacial score (nSPS) is 40.7. The zero-order chi connectivity index (χ0) is 19.2. The van der Waals surface area contributed by atoms with Gasteiger partial charge in [0.05, 0.1) is 13.1 Å². The van der Waals surface area contributed by atoms with Crippen molar-refractivity contribution in [1.29, 1.82) is 0 Å². The summed E-state index contributed by atoms with van der Waals surface area (Å²) in [6.07, 6.45) is 22.5. The van der Waals surface area contributed by atoms with Crippen LogP contribution in [0.2, 0.25) is 0 Å². The summed E-state index contributed by atoms with van der Waals surface area (Å²) < 4.78 is 2.88. The SMILES string of the molecule is C1CCC(C2C[N+]3=C(NCC3C3CCCCC3)N2CCC2CC3CCC2C3)CC1. The highest BCUT2D eigenvalue weighted by Gasteiger charge is 2.50. The summed E-state index contributed by atoms with van der Waals surface area (Å²) in [5.74, 6) is 6.71. The molecular weight excluding hydrogens is 354 g/mol. The van der Waals surface area contributed by atoms with Crippen LogP contribution in [0.15, 0.2) is 0 Å². The fourth-order valence-corrected chi connectivity index (χ4v) is 8.68. The van der Waals surface area contributed by atoms with Crippen LogP contribution in [-0.2, 0) is 0 Å². The second-order valence-corrected chi connectivity index (χ2v) is 11.7. The number of guanidine groups is 1. The smallest absolute Gasteiger partial charge is 0.274 e. The maximum atomic E-state index is 3.96. The van der Waals surface area contributed by atoms with E-state index in [1.54, 1.807) is 31.6 Å². The van der Waals surface area contributed by atoms with Gasteiger partial charge in [0.2, 0.25) is 0 Å². The summed E-state index contributed by atoms with van der Waals surface area (Å²) in [5.41, 5.74) is 0. The lowest BCUT2D eigenvalue weighted by atomic mass is 9.81. The summed E-state index contributed by atoms with van der Waals surface area (Å²) in [6, 6.07) is 1.60. The van der Waals surface area contributed by atoms with Gasteiger partial charge in [0.25, 0.3) is 0 Å². The molecule has 0 aromatic heterocycles. The van der Waals surface area contributed by atoms with E-state index < -0.39 is 0 Å². The molecule has 1 N–H and O–H groups in total. The molecule has 29 heavy (non-hydrogen) atoms. The van der Waals surface area contributed by atoms with Crippen molar-refractivity contribution in [2.45, 2.75) is 108 Å². The lowest BCUT2D eigenvalue weighted by Gasteiger charge is -2.33. The Bertz CT molecular complexity index is 615. The van der Waals surface area contributed by atoms with Gasteiger partial charge in [-0.25, -0.2) is 0 Å². The Kier molecular flexibility index (Phi) is 5.29. The van der Waals surface area contributed by atoms with E-state index in [-0.39, 0.29) is 0 Å². The number of nitrogens with one attached hydrogen (secondary N) is 1. The van der Waals surface area contributed by atoms with Gasteiger partial charge in [0.15, 0.2) is 0 Å². The van der Waals surface area contributed by atoms with Gasteiger partial charge in [-0.15, -0.1) is 0 Å². The molecule has 0 saturated heterocycles.